The monoisotopic (exact) mass is 264 g/mol. The van der Waals surface area contributed by atoms with Gasteiger partial charge in [-0.1, -0.05) is 13.3 Å². The zero-order chi connectivity index (χ0) is 13.7. The number of hydrogen-bond acceptors (Lipinski definition) is 4. The van der Waals surface area contributed by atoms with Gasteiger partial charge in [0, 0.05) is 30.3 Å². The number of anilines is 2. The minimum absolute atomic E-state index is 0.256. The van der Waals surface area contributed by atoms with Gasteiger partial charge in [0.15, 0.2) is 0 Å². The summed E-state index contributed by atoms with van der Waals surface area (Å²) in [5.41, 5.74) is 7.59. The van der Waals surface area contributed by atoms with Crippen LogP contribution in [0.1, 0.15) is 32.6 Å². The van der Waals surface area contributed by atoms with Crippen molar-refractivity contribution < 1.29 is 9.84 Å². The van der Waals surface area contributed by atoms with Crippen LogP contribution < -0.4 is 15.8 Å². The second-order valence-corrected chi connectivity index (χ2v) is 5.23. The van der Waals surface area contributed by atoms with Gasteiger partial charge in [-0.25, -0.2) is 0 Å². The Hall–Kier alpha value is -1.42. The normalized spacial score (nSPS) is 22.4. The highest BCUT2D eigenvalue weighted by Crippen LogP contribution is 2.31. The third kappa shape index (κ3) is 3.53. The number of nitrogen functional groups attached to an aromatic ring is 1. The van der Waals surface area contributed by atoms with Crippen LogP contribution in [0.3, 0.4) is 0 Å². The molecule has 2 atom stereocenters. The first-order chi connectivity index (χ1) is 9.24. The summed E-state index contributed by atoms with van der Waals surface area (Å²) >= 11 is 0. The highest BCUT2D eigenvalue weighted by Gasteiger charge is 2.26. The van der Waals surface area contributed by atoms with Crippen molar-refractivity contribution in [3.8, 4) is 5.75 Å². The molecule has 106 valence electrons. The van der Waals surface area contributed by atoms with E-state index >= 15 is 0 Å². The molecule has 1 aliphatic carbocycles. The van der Waals surface area contributed by atoms with E-state index in [0.29, 0.717) is 24.3 Å². The van der Waals surface area contributed by atoms with Gasteiger partial charge in [0.1, 0.15) is 5.75 Å². The van der Waals surface area contributed by atoms with Crippen LogP contribution in [-0.2, 0) is 0 Å². The van der Waals surface area contributed by atoms with Crippen molar-refractivity contribution in [3.05, 3.63) is 18.2 Å². The van der Waals surface area contributed by atoms with Gasteiger partial charge in [0.2, 0.25) is 0 Å². The van der Waals surface area contributed by atoms with Gasteiger partial charge in [-0.3, -0.25) is 0 Å². The summed E-state index contributed by atoms with van der Waals surface area (Å²) in [6, 6.07) is 6.15. The second-order valence-electron chi connectivity index (χ2n) is 5.23. The summed E-state index contributed by atoms with van der Waals surface area (Å²) in [7, 11) is 0. The lowest BCUT2D eigenvalue weighted by molar-refractivity contribution is 0.222. The number of ether oxygens (including phenoxy) is 1. The first kappa shape index (κ1) is 14.0. The summed E-state index contributed by atoms with van der Waals surface area (Å²) in [6.45, 7) is 3.00. The van der Waals surface area contributed by atoms with Gasteiger partial charge in [0.25, 0.3) is 0 Å². The number of benzene rings is 1. The lowest BCUT2D eigenvalue weighted by Crippen LogP contribution is -2.26. The van der Waals surface area contributed by atoms with E-state index in [1.807, 2.05) is 18.2 Å². The van der Waals surface area contributed by atoms with Gasteiger partial charge in [-0.15, -0.1) is 0 Å². The molecule has 0 bridgehead atoms. The largest absolute Gasteiger partial charge is 0.491 e. The fourth-order valence-corrected chi connectivity index (χ4v) is 2.62. The molecule has 0 saturated heterocycles. The Labute approximate surface area is 115 Å². The summed E-state index contributed by atoms with van der Waals surface area (Å²) in [6.07, 6.45) is 4.35. The van der Waals surface area contributed by atoms with E-state index in [4.69, 9.17) is 10.5 Å². The van der Waals surface area contributed by atoms with Crippen LogP contribution in [0.25, 0.3) is 0 Å². The van der Waals surface area contributed by atoms with E-state index in [1.54, 1.807) is 0 Å². The van der Waals surface area contributed by atoms with Crippen molar-refractivity contribution >= 4 is 11.4 Å². The molecular formula is C15H24N2O2. The Morgan fingerprint density at radius 2 is 2.26 bits per heavy atom. The van der Waals surface area contributed by atoms with E-state index in [2.05, 4.69) is 12.2 Å². The van der Waals surface area contributed by atoms with E-state index in [0.717, 1.165) is 30.7 Å². The third-order valence-corrected chi connectivity index (χ3v) is 3.72. The van der Waals surface area contributed by atoms with Crippen LogP contribution in [0.2, 0.25) is 0 Å². The Bertz CT molecular complexity index is 409. The van der Waals surface area contributed by atoms with Crippen LogP contribution in [0.5, 0.6) is 5.75 Å². The first-order valence-corrected chi connectivity index (χ1v) is 7.14. The molecule has 1 fully saturated rings. The van der Waals surface area contributed by atoms with Gasteiger partial charge < -0.3 is 20.9 Å². The van der Waals surface area contributed by atoms with Crippen LogP contribution in [0.15, 0.2) is 18.2 Å². The number of nitrogens with one attached hydrogen (secondary N) is 1. The maximum atomic E-state index is 9.34. The molecule has 1 aliphatic rings. The van der Waals surface area contributed by atoms with Crippen LogP contribution in [0.4, 0.5) is 11.4 Å². The molecule has 0 aromatic heterocycles. The molecule has 4 heteroatoms. The smallest absolute Gasteiger partial charge is 0.144 e. The molecule has 1 saturated carbocycles. The SMILES string of the molecule is CCCOc1cc(NC2CCCC2CO)ccc1N. The zero-order valence-corrected chi connectivity index (χ0v) is 11.6. The molecule has 1 aromatic carbocycles. The molecule has 19 heavy (non-hydrogen) atoms. The molecular weight excluding hydrogens is 240 g/mol. The predicted molar refractivity (Wildman–Crippen MR) is 78.5 cm³/mol. The Kier molecular flexibility index (Phi) is 4.91. The van der Waals surface area contributed by atoms with Crippen LogP contribution in [0, 0.1) is 5.92 Å². The fraction of sp³-hybridized carbons (Fsp3) is 0.600. The van der Waals surface area contributed by atoms with Gasteiger partial charge >= 0.3 is 0 Å². The minimum Gasteiger partial charge on any atom is -0.491 e. The number of nitrogens with two attached hydrogens (primary N) is 1. The summed E-state index contributed by atoms with van der Waals surface area (Å²) in [4.78, 5) is 0. The maximum absolute atomic E-state index is 9.34. The lowest BCUT2D eigenvalue weighted by atomic mass is 10.0. The number of rotatable bonds is 6. The average molecular weight is 264 g/mol. The molecule has 0 spiro atoms. The number of aliphatic hydroxyl groups excluding tert-OH is 1. The summed E-state index contributed by atoms with van der Waals surface area (Å²) in [5.74, 6) is 1.10. The van der Waals surface area contributed by atoms with Gasteiger partial charge in [-0.2, -0.15) is 0 Å². The Balaban J connectivity index is 2.03. The summed E-state index contributed by atoms with van der Waals surface area (Å²) in [5, 5.41) is 12.8. The van der Waals surface area contributed by atoms with E-state index < -0.39 is 0 Å². The standard InChI is InChI=1S/C15H24N2O2/c1-2-8-19-15-9-12(6-7-13(15)16)17-14-5-3-4-11(14)10-18/h6-7,9,11,14,17-18H,2-5,8,10,16H2,1H3. The van der Waals surface area contributed by atoms with Crippen LogP contribution >= 0.6 is 0 Å². The Morgan fingerprint density at radius 1 is 1.42 bits per heavy atom. The molecule has 2 unspecified atom stereocenters. The quantitative estimate of drug-likeness (QED) is 0.691. The van der Waals surface area contributed by atoms with Gasteiger partial charge in [0.05, 0.1) is 12.3 Å². The Morgan fingerprint density at radius 3 is 3.00 bits per heavy atom. The van der Waals surface area contributed by atoms with Crippen molar-refractivity contribution in [2.75, 3.05) is 24.3 Å². The molecule has 4 N–H and O–H groups in total. The number of aliphatic hydroxyl groups is 1. The molecule has 0 aliphatic heterocycles. The predicted octanol–water partition coefficient (Wildman–Crippen LogP) is 2.63. The highest BCUT2D eigenvalue weighted by molar-refractivity contribution is 5.61. The first-order valence-electron chi connectivity index (χ1n) is 7.14. The van der Waals surface area contributed by atoms with Crippen LogP contribution in [-0.4, -0.2) is 24.4 Å². The molecule has 0 radical (unpaired) electrons. The maximum Gasteiger partial charge on any atom is 0.144 e. The average Bonchev–Trinajstić information content (AvgIpc) is 2.86. The lowest BCUT2D eigenvalue weighted by Gasteiger charge is -2.21. The fourth-order valence-electron chi connectivity index (χ4n) is 2.62. The molecule has 2 rings (SSSR count). The van der Waals surface area contributed by atoms with Crippen molar-refractivity contribution in [2.24, 2.45) is 5.92 Å². The highest BCUT2D eigenvalue weighted by atomic mass is 16.5. The molecule has 4 nitrogen and oxygen atoms in total. The molecule has 0 amide bonds. The van der Waals surface area contributed by atoms with Gasteiger partial charge in [-0.05, 0) is 31.4 Å². The summed E-state index contributed by atoms with van der Waals surface area (Å²) < 4.78 is 5.63. The third-order valence-electron chi connectivity index (χ3n) is 3.72. The van der Waals surface area contributed by atoms with E-state index in [9.17, 15) is 5.11 Å². The van der Waals surface area contributed by atoms with Crippen molar-refractivity contribution in [2.45, 2.75) is 38.6 Å². The van der Waals surface area contributed by atoms with Crippen molar-refractivity contribution in [1.82, 2.24) is 0 Å². The zero-order valence-electron chi connectivity index (χ0n) is 11.6. The van der Waals surface area contributed by atoms with E-state index in [-0.39, 0.29) is 6.61 Å². The van der Waals surface area contributed by atoms with Crippen molar-refractivity contribution in [1.29, 1.82) is 0 Å². The molecule has 0 heterocycles. The topological polar surface area (TPSA) is 67.5 Å². The minimum atomic E-state index is 0.256. The van der Waals surface area contributed by atoms with Crippen molar-refractivity contribution in [3.63, 3.8) is 0 Å². The number of hydrogen-bond donors (Lipinski definition) is 3. The second kappa shape index (κ2) is 6.66. The van der Waals surface area contributed by atoms with E-state index in [1.165, 1.54) is 6.42 Å². The molecule has 1 aromatic rings.